The Hall–Kier alpha value is -1.20. The molecule has 2 N–H and O–H groups in total. The lowest BCUT2D eigenvalue weighted by molar-refractivity contribution is 0.367. The van der Waals surface area contributed by atoms with Crippen LogP contribution in [-0.4, -0.2) is 36.2 Å². The van der Waals surface area contributed by atoms with E-state index in [1.807, 2.05) is 0 Å². The minimum absolute atomic E-state index is 0.528. The number of hydrogen-bond acceptors (Lipinski definition) is 5. The number of piperidine rings is 1. The van der Waals surface area contributed by atoms with Gasteiger partial charge in [0.2, 0.25) is 5.88 Å². The molecule has 0 bridgehead atoms. The average molecular weight is 222 g/mol. The molecule has 88 valence electrons. The lowest BCUT2D eigenvalue weighted by Crippen LogP contribution is -2.42. The van der Waals surface area contributed by atoms with Gasteiger partial charge in [-0.1, -0.05) is 0 Å². The first-order valence-corrected chi connectivity index (χ1v) is 5.68. The lowest BCUT2D eigenvalue weighted by Gasteiger charge is -2.23. The Morgan fingerprint density at radius 3 is 3.12 bits per heavy atom. The van der Waals surface area contributed by atoms with Crippen LogP contribution in [0, 0.1) is 0 Å². The van der Waals surface area contributed by atoms with E-state index in [0.717, 1.165) is 18.8 Å². The molecule has 2 rings (SSSR count). The highest BCUT2D eigenvalue weighted by atomic mass is 16.5. The van der Waals surface area contributed by atoms with E-state index in [2.05, 4.69) is 20.6 Å². The van der Waals surface area contributed by atoms with Crippen molar-refractivity contribution < 1.29 is 4.74 Å². The van der Waals surface area contributed by atoms with Crippen molar-refractivity contribution in [1.29, 1.82) is 0 Å². The predicted octanol–water partition coefficient (Wildman–Crippen LogP) is 0.327. The van der Waals surface area contributed by atoms with Gasteiger partial charge < -0.3 is 15.4 Å². The fourth-order valence-corrected chi connectivity index (χ4v) is 1.91. The maximum Gasteiger partial charge on any atom is 0.236 e. The first-order valence-electron chi connectivity index (χ1n) is 5.68. The Labute approximate surface area is 95.6 Å². The third-order valence-corrected chi connectivity index (χ3v) is 2.78. The van der Waals surface area contributed by atoms with E-state index in [1.165, 1.54) is 12.8 Å². The van der Waals surface area contributed by atoms with E-state index in [9.17, 15) is 0 Å². The fraction of sp³-hybridized carbons (Fsp3) is 0.636. The molecule has 1 aliphatic heterocycles. The Morgan fingerprint density at radius 1 is 1.50 bits per heavy atom. The molecule has 5 heteroatoms. The van der Waals surface area contributed by atoms with Gasteiger partial charge in [0.25, 0.3) is 0 Å². The van der Waals surface area contributed by atoms with Crippen molar-refractivity contribution in [3.63, 3.8) is 0 Å². The van der Waals surface area contributed by atoms with Gasteiger partial charge in [0, 0.05) is 31.5 Å². The minimum atomic E-state index is 0.528. The van der Waals surface area contributed by atoms with Gasteiger partial charge >= 0.3 is 0 Å². The van der Waals surface area contributed by atoms with Crippen LogP contribution in [0.1, 0.15) is 18.5 Å². The van der Waals surface area contributed by atoms with E-state index in [1.54, 1.807) is 19.5 Å². The second-order valence-corrected chi connectivity index (χ2v) is 3.94. The molecule has 1 unspecified atom stereocenters. The molecule has 0 saturated carbocycles. The predicted molar refractivity (Wildman–Crippen MR) is 61.3 cm³/mol. The van der Waals surface area contributed by atoms with Crippen molar-refractivity contribution in [3.05, 3.63) is 18.1 Å². The number of rotatable bonds is 4. The zero-order valence-electron chi connectivity index (χ0n) is 9.57. The molecule has 0 aliphatic carbocycles. The normalized spacial score (nSPS) is 20.7. The van der Waals surface area contributed by atoms with Crippen LogP contribution in [0.25, 0.3) is 0 Å². The van der Waals surface area contributed by atoms with Crippen molar-refractivity contribution in [3.8, 4) is 5.88 Å². The summed E-state index contributed by atoms with van der Waals surface area (Å²) in [7, 11) is 1.62. The molecule has 0 amide bonds. The average Bonchev–Trinajstić information content (AvgIpc) is 2.38. The minimum Gasteiger partial charge on any atom is -0.480 e. The van der Waals surface area contributed by atoms with Gasteiger partial charge in [-0.2, -0.15) is 0 Å². The van der Waals surface area contributed by atoms with Crippen LogP contribution in [0.5, 0.6) is 5.88 Å². The van der Waals surface area contributed by atoms with Crippen LogP contribution >= 0.6 is 0 Å². The number of nitrogens with one attached hydrogen (secondary N) is 2. The summed E-state index contributed by atoms with van der Waals surface area (Å²) in [5.74, 6) is 0.610. The number of nitrogens with zero attached hydrogens (tertiary/aromatic N) is 2. The molecule has 0 radical (unpaired) electrons. The summed E-state index contributed by atoms with van der Waals surface area (Å²) in [5, 5.41) is 6.84. The molecule has 1 aromatic rings. The van der Waals surface area contributed by atoms with E-state index in [-0.39, 0.29) is 0 Å². The van der Waals surface area contributed by atoms with Crippen molar-refractivity contribution in [2.45, 2.75) is 25.4 Å². The van der Waals surface area contributed by atoms with Crippen LogP contribution in [0.2, 0.25) is 0 Å². The van der Waals surface area contributed by atoms with E-state index >= 15 is 0 Å². The Kier molecular flexibility index (Phi) is 4.07. The second-order valence-electron chi connectivity index (χ2n) is 3.94. The van der Waals surface area contributed by atoms with E-state index in [4.69, 9.17) is 4.74 Å². The highest BCUT2D eigenvalue weighted by Crippen LogP contribution is 2.11. The molecule has 16 heavy (non-hydrogen) atoms. The third-order valence-electron chi connectivity index (χ3n) is 2.78. The van der Waals surface area contributed by atoms with Crippen LogP contribution < -0.4 is 15.4 Å². The molecule has 2 heterocycles. The Balaban J connectivity index is 1.88. The first-order chi connectivity index (χ1) is 7.90. The number of hydrogen-bond donors (Lipinski definition) is 2. The summed E-state index contributed by atoms with van der Waals surface area (Å²) >= 11 is 0. The van der Waals surface area contributed by atoms with Crippen LogP contribution in [0.3, 0.4) is 0 Å². The van der Waals surface area contributed by atoms with Crippen LogP contribution in [0.15, 0.2) is 12.4 Å². The summed E-state index contributed by atoms with van der Waals surface area (Å²) in [6.45, 7) is 2.87. The fourth-order valence-electron chi connectivity index (χ4n) is 1.91. The number of ether oxygens (including phenoxy) is 1. The molecule has 1 saturated heterocycles. The quantitative estimate of drug-likeness (QED) is 0.768. The van der Waals surface area contributed by atoms with E-state index in [0.29, 0.717) is 18.5 Å². The highest BCUT2D eigenvalue weighted by molar-refractivity contribution is 5.16. The first kappa shape index (κ1) is 11.3. The molecule has 1 aromatic heterocycles. The number of aromatic nitrogens is 2. The van der Waals surface area contributed by atoms with Crippen molar-refractivity contribution in [2.24, 2.45) is 0 Å². The van der Waals surface area contributed by atoms with Gasteiger partial charge in [-0.15, -0.1) is 0 Å². The Bertz CT molecular complexity index is 326. The van der Waals surface area contributed by atoms with Crippen LogP contribution in [0.4, 0.5) is 0 Å². The summed E-state index contributed by atoms with van der Waals surface area (Å²) in [5.41, 5.74) is 0.871. The maximum atomic E-state index is 5.16. The topological polar surface area (TPSA) is 59.1 Å². The molecule has 0 spiro atoms. The zero-order chi connectivity index (χ0) is 11.2. The molecule has 1 aliphatic rings. The maximum absolute atomic E-state index is 5.16. The van der Waals surface area contributed by atoms with Crippen molar-refractivity contribution >= 4 is 0 Å². The zero-order valence-corrected chi connectivity index (χ0v) is 9.57. The largest absolute Gasteiger partial charge is 0.480 e. The monoisotopic (exact) mass is 222 g/mol. The molecular formula is C11H18N4O. The van der Waals surface area contributed by atoms with Gasteiger partial charge in [-0.05, 0) is 19.4 Å². The third kappa shape index (κ3) is 2.90. The molecule has 0 aromatic carbocycles. The smallest absolute Gasteiger partial charge is 0.236 e. The second kappa shape index (κ2) is 5.77. The van der Waals surface area contributed by atoms with E-state index < -0.39 is 0 Å². The van der Waals surface area contributed by atoms with Gasteiger partial charge in [0.05, 0.1) is 7.11 Å². The molecule has 1 atom stereocenters. The summed E-state index contributed by atoms with van der Waals surface area (Å²) in [6.07, 6.45) is 5.79. The highest BCUT2D eigenvalue weighted by Gasteiger charge is 2.13. The number of methoxy groups -OCH3 is 1. The summed E-state index contributed by atoms with van der Waals surface area (Å²) in [6, 6.07) is 0.528. The molecule has 5 nitrogen and oxygen atoms in total. The molecular weight excluding hydrogens is 204 g/mol. The molecule has 1 fully saturated rings. The lowest BCUT2D eigenvalue weighted by atomic mass is 10.1. The van der Waals surface area contributed by atoms with Crippen LogP contribution in [-0.2, 0) is 6.54 Å². The summed E-state index contributed by atoms with van der Waals surface area (Å²) < 4.78 is 5.16. The van der Waals surface area contributed by atoms with Gasteiger partial charge in [0.1, 0.15) is 5.69 Å². The SMILES string of the molecule is COc1nccnc1CNC1CCCNC1. The van der Waals surface area contributed by atoms with Gasteiger partial charge in [0.15, 0.2) is 0 Å². The standard InChI is InChI=1S/C11H18N4O/c1-16-11-10(13-5-6-14-11)8-15-9-3-2-4-12-7-9/h5-6,9,12,15H,2-4,7-8H2,1H3. The summed E-state index contributed by atoms with van der Waals surface area (Å²) in [4.78, 5) is 8.38. The Morgan fingerprint density at radius 2 is 2.38 bits per heavy atom. The van der Waals surface area contributed by atoms with Gasteiger partial charge in [-0.3, -0.25) is 4.98 Å². The van der Waals surface area contributed by atoms with Crippen molar-refractivity contribution in [1.82, 2.24) is 20.6 Å². The van der Waals surface area contributed by atoms with Crippen molar-refractivity contribution in [2.75, 3.05) is 20.2 Å². The van der Waals surface area contributed by atoms with Gasteiger partial charge in [-0.25, -0.2) is 4.98 Å².